The van der Waals surface area contributed by atoms with Crippen molar-refractivity contribution in [2.45, 2.75) is 42.1 Å². The van der Waals surface area contributed by atoms with Gasteiger partial charge in [0, 0.05) is 13.2 Å². The van der Waals surface area contributed by atoms with Crippen molar-refractivity contribution in [2.24, 2.45) is 7.05 Å². The van der Waals surface area contributed by atoms with E-state index in [2.05, 4.69) is 9.97 Å². The molecule has 1 aliphatic rings. The molecule has 28 heavy (non-hydrogen) atoms. The summed E-state index contributed by atoms with van der Waals surface area (Å²) in [5, 5.41) is -2.13. The van der Waals surface area contributed by atoms with Crippen LogP contribution < -0.4 is 0 Å². The molecule has 152 valence electrons. The fraction of sp³-hybridized carbons (Fsp3) is 0.444. The lowest BCUT2D eigenvalue weighted by atomic mass is 10.2. The van der Waals surface area contributed by atoms with E-state index in [1.807, 2.05) is 0 Å². The Hall–Kier alpha value is -1.87. The van der Waals surface area contributed by atoms with Crippen LogP contribution >= 0.6 is 11.6 Å². The summed E-state index contributed by atoms with van der Waals surface area (Å²) in [5.41, 5.74) is 1.41. The van der Waals surface area contributed by atoms with Crippen LogP contribution in [-0.2, 0) is 16.9 Å². The third-order valence-corrected chi connectivity index (χ3v) is 6.76. The van der Waals surface area contributed by atoms with Crippen LogP contribution in [0.3, 0.4) is 0 Å². The minimum atomic E-state index is -4.55. The number of rotatable bonds is 6. The maximum absolute atomic E-state index is 12.6. The van der Waals surface area contributed by atoms with Crippen LogP contribution in [0.4, 0.5) is 13.2 Å². The number of hydrogen-bond acceptors (Lipinski definition) is 4. The van der Waals surface area contributed by atoms with E-state index < -0.39 is 21.4 Å². The molecule has 1 unspecified atom stereocenters. The number of halogens is 4. The van der Waals surface area contributed by atoms with Gasteiger partial charge in [-0.3, -0.25) is 4.98 Å². The highest BCUT2D eigenvalue weighted by molar-refractivity contribution is 7.91. The topological polar surface area (TPSA) is 64.8 Å². The molecule has 1 aliphatic carbocycles. The number of sulfone groups is 1. The molecule has 2 heterocycles. The lowest BCUT2D eigenvalue weighted by molar-refractivity contribution is -0.121. The monoisotopic (exact) mass is 433 g/mol. The summed E-state index contributed by atoms with van der Waals surface area (Å²) >= 11 is 5.31. The zero-order valence-corrected chi connectivity index (χ0v) is 16.8. The predicted octanol–water partition coefficient (Wildman–Crippen LogP) is 4.34. The summed E-state index contributed by atoms with van der Waals surface area (Å²) in [6, 6.07) is 1.64. The van der Waals surface area contributed by atoms with E-state index in [-0.39, 0.29) is 22.2 Å². The Bertz CT molecular complexity index is 1010. The van der Waals surface area contributed by atoms with Crippen LogP contribution in [0.25, 0.3) is 17.6 Å². The quantitative estimate of drug-likeness (QED) is 0.636. The summed E-state index contributed by atoms with van der Waals surface area (Å²) < 4.78 is 64.4. The molecule has 2 aromatic heterocycles. The molecular weight excluding hydrogens is 415 g/mol. The van der Waals surface area contributed by atoms with E-state index in [0.29, 0.717) is 11.6 Å². The van der Waals surface area contributed by atoms with Gasteiger partial charge in [0.15, 0.2) is 15.7 Å². The van der Waals surface area contributed by atoms with Gasteiger partial charge in [-0.25, -0.2) is 13.4 Å². The predicted molar refractivity (Wildman–Crippen MR) is 101 cm³/mol. The van der Waals surface area contributed by atoms with Gasteiger partial charge in [0.2, 0.25) is 0 Å². The van der Waals surface area contributed by atoms with Crippen LogP contribution in [0, 0.1) is 0 Å². The fourth-order valence-corrected chi connectivity index (χ4v) is 3.89. The molecule has 5 nitrogen and oxygen atoms in total. The van der Waals surface area contributed by atoms with Crippen molar-refractivity contribution < 1.29 is 21.6 Å². The Labute approximate surface area is 166 Å². The standard InChI is InChI=1S/C18H19ClF3N3O2S/c1-3-28(26,27)14-8-12(11-4-5-11)9-23-16(14)17-24-10-13(25(17)2)6-7-15(19)18(20,21)22/h6-11,15H,3-5H2,1-2H3. The smallest absolute Gasteiger partial charge is 0.326 e. The number of aromatic nitrogens is 3. The van der Waals surface area contributed by atoms with Crippen molar-refractivity contribution in [3.63, 3.8) is 0 Å². The first kappa shape index (κ1) is 20.9. The van der Waals surface area contributed by atoms with E-state index >= 15 is 0 Å². The Morgan fingerprint density at radius 2 is 2.00 bits per heavy atom. The summed E-state index contributed by atoms with van der Waals surface area (Å²) in [6.07, 6.45) is 2.46. The van der Waals surface area contributed by atoms with Crippen molar-refractivity contribution in [1.82, 2.24) is 14.5 Å². The number of allylic oxidation sites excluding steroid dienone is 1. The van der Waals surface area contributed by atoms with Crippen LogP contribution in [0.15, 0.2) is 29.4 Å². The second kappa shape index (κ2) is 7.51. The normalized spacial score (nSPS) is 16.6. The average Bonchev–Trinajstić information content (AvgIpc) is 3.42. The molecule has 2 aromatic rings. The highest BCUT2D eigenvalue weighted by Crippen LogP contribution is 2.41. The van der Waals surface area contributed by atoms with E-state index in [9.17, 15) is 21.6 Å². The number of nitrogens with zero attached hydrogens (tertiary/aromatic N) is 3. The Balaban J connectivity index is 2.03. The van der Waals surface area contributed by atoms with Crippen LogP contribution in [0.1, 0.15) is 36.9 Å². The lowest BCUT2D eigenvalue weighted by Crippen LogP contribution is -2.20. The van der Waals surface area contributed by atoms with E-state index in [0.717, 1.165) is 24.5 Å². The van der Waals surface area contributed by atoms with Gasteiger partial charge in [-0.15, -0.1) is 11.6 Å². The van der Waals surface area contributed by atoms with Crippen molar-refractivity contribution in [1.29, 1.82) is 0 Å². The Morgan fingerprint density at radius 3 is 2.57 bits per heavy atom. The first-order chi connectivity index (χ1) is 13.0. The zero-order chi connectivity index (χ0) is 20.7. The van der Waals surface area contributed by atoms with Crippen LogP contribution in [-0.4, -0.2) is 40.3 Å². The van der Waals surface area contributed by atoms with Gasteiger partial charge in [0.25, 0.3) is 0 Å². The van der Waals surface area contributed by atoms with Gasteiger partial charge in [-0.2, -0.15) is 13.2 Å². The van der Waals surface area contributed by atoms with E-state index in [4.69, 9.17) is 11.6 Å². The second-order valence-electron chi connectivity index (χ2n) is 6.66. The lowest BCUT2D eigenvalue weighted by Gasteiger charge is -2.11. The molecule has 3 rings (SSSR count). The van der Waals surface area contributed by atoms with Crippen LogP contribution in [0.5, 0.6) is 0 Å². The molecule has 0 N–H and O–H groups in total. The molecule has 10 heteroatoms. The largest absolute Gasteiger partial charge is 0.408 e. The SMILES string of the molecule is CCS(=O)(=O)c1cc(C2CC2)cnc1-c1ncc(C=CC(Cl)C(F)(F)F)n1C. The van der Waals surface area contributed by atoms with Crippen molar-refractivity contribution in [3.8, 4) is 11.5 Å². The van der Waals surface area contributed by atoms with Crippen molar-refractivity contribution in [3.05, 3.63) is 35.8 Å². The molecule has 1 atom stereocenters. The third kappa shape index (κ3) is 4.25. The number of pyridine rings is 1. The highest BCUT2D eigenvalue weighted by Gasteiger charge is 2.36. The van der Waals surface area contributed by atoms with Gasteiger partial charge in [-0.1, -0.05) is 13.0 Å². The third-order valence-electron chi connectivity index (χ3n) is 4.62. The molecule has 0 bridgehead atoms. The molecule has 0 amide bonds. The van der Waals surface area contributed by atoms with E-state index in [1.165, 1.54) is 16.8 Å². The van der Waals surface area contributed by atoms with Crippen molar-refractivity contribution in [2.75, 3.05) is 5.75 Å². The van der Waals surface area contributed by atoms with Crippen molar-refractivity contribution >= 4 is 27.5 Å². The van der Waals surface area contributed by atoms with Gasteiger partial charge in [-0.05, 0) is 36.5 Å². The summed E-state index contributed by atoms with van der Waals surface area (Å²) in [5.74, 6) is 0.495. The zero-order valence-electron chi connectivity index (χ0n) is 15.2. The first-order valence-electron chi connectivity index (χ1n) is 8.68. The molecule has 0 aliphatic heterocycles. The molecule has 1 fully saturated rings. The average molecular weight is 434 g/mol. The minimum absolute atomic E-state index is 0.0908. The highest BCUT2D eigenvalue weighted by atomic mass is 35.5. The first-order valence-corrected chi connectivity index (χ1v) is 10.8. The molecule has 0 spiro atoms. The maximum atomic E-state index is 12.6. The maximum Gasteiger partial charge on any atom is 0.408 e. The number of hydrogen-bond donors (Lipinski definition) is 0. The summed E-state index contributed by atoms with van der Waals surface area (Å²) in [6.45, 7) is 1.55. The Morgan fingerprint density at radius 1 is 1.32 bits per heavy atom. The minimum Gasteiger partial charge on any atom is -0.326 e. The summed E-state index contributed by atoms with van der Waals surface area (Å²) in [7, 11) is -1.98. The molecule has 1 saturated carbocycles. The number of alkyl halides is 4. The van der Waals surface area contributed by atoms with E-state index in [1.54, 1.807) is 26.2 Å². The van der Waals surface area contributed by atoms with Gasteiger partial charge in [0.05, 0.1) is 22.5 Å². The molecule has 0 saturated heterocycles. The molecule has 0 radical (unpaired) electrons. The summed E-state index contributed by atoms with van der Waals surface area (Å²) in [4.78, 5) is 8.62. The Kier molecular flexibility index (Phi) is 5.60. The van der Waals surface area contributed by atoms with Crippen LogP contribution in [0.2, 0.25) is 0 Å². The van der Waals surface area contributed by atoms with Gasteiger partial charge in [0.1, 0.15) is 11.1 Å². The molecular formula is C18H19ClF3N3O2S. The van der Waals surface area contributed by atoms with Gasteiger partial charge < -0.3 is 4.57 Å². The fourth-order valence-electron chi connectivity index (χ4n) is 2.75. The van der Waals surface area contributed by atoms with Gasteiger partial charge >= 0.3 is 6.18 Å². The number of imidazole rings is 1. The molecule has 0 aromatic carbocycles. The second-order valence-corrected chi connectivity index (χ2v) is 9.38.